The Morgan fingerprint density at radius 2 is 1.77 bits per heavy atom. The van der Waals surface area contributed by atoms with Crippen LogP contribution in [-0.4, -0.2) is 47.5 Å². The first-order valence-electron chi connectivity index (χ1n) is 7.87. The molecule has 1 rings (SSSR count). The van der Waals surface area contributed by atoms with Crippen LogP contribution < -0.4 is 10.1 Å². The van der Waals surface area contributed by atoms with Gasteiger partial charge >= 0.3 is 6.36 Å². The van der Waals surface area contributed by atoms with Crippen molar-refractivity contribution in [2.24, 2.45) is 5.41 Å². The van der Waals surface area contributed by atoms with Crippen LogP contribution >= 0.6 is 0 Å². The Morgan fingerprint density at radius 1 is 1.19 bits per heavy atom. The fourth-order valence-corrected chi connectivity index (χ4v) is 1.99. The van der Waals surface area contributed by atoms with E-state index in [0.717, 1.165) is 12.1 Å². The minimum atomic E-state index is -4.77. The third-order valence-corrected chi connectivity index (χ3v) is 3.66. The average molecular weight is 377 g/mol. The zero-order chi connectivity index (χ0) is 20.0. The summed E-state index contributed by atoms with van der Waals surface area (Å²) in [4.78, 5) is 23.6. The first-order valence-corrected chi connectivity index (χ1v) is 7.87. The van der Waals surface area contributed by atoms with Crippen LogP contribution in [0.15, 0.2) is 24.3 Å². The lowest BCUT2D eigenvalue weighted by molar-refractivity contribution is -0.274. The van der Waals surface area contributed by atoms with Gasteiger partial charge in [-0.2, -0.15) is 0 Å². The summed E-state index contributed by atoms with van der Waals surface area (Å²) in [5.41, 5.74) is -0.494. The van der Waals surface area contributed by atoms with E-state index in [2.05, 4.69) is 10.1 Å². The zero-order valence-corrected chi connectivity index (χ0v) is 14.5. The van der Waals surface area contributed by atoms with Gasteiger partial charge in [-0.1, -0.05) is 26.0 Å². The second-order valence-electron chi connectivity index (χ2n) is 6.50. The Morgan fingerprint density at radius 3 is 2.27 bits per heavy atom. The van der Waals surface area contributed by atoms with Gasteiger partial charge in [0.1, 0.15) is 17.6 Å². The van der Waals surface area contributed by atoms with Crippen LogP contribution in [0, 0.1) is 5.41 Å². The molecule has 0 fully saturated rings. The van der Waals surface area contributed by atoms with Gasteiger partial charge in [0.15, 0.2) is 0 Å². The lowest BCUT2D eigenvalue weighted by Crippen LogP contribution is -2.46. The van der Waals surface area contributed by atoms with Crippen LogP contribution in [-0.2, 0) is 16.0 Å². The predicted octanol–water partition coefficient (Wildman–Crippen LogP) is 1.58. The van der Waals surface area contributed by atoms with Crippen LogP contribution in [0.1, 0.15) is 25.8 Å². The molecule has 0 spiro atoms. The number of Topliss-reactive ketones (excluding diaryl/α,β-unsaturated/α-hetero) is 1. The Hall–Kier alpha value is -2.13. The number of benzene rings is 1. The summed E-state index contributed by atoms with van der Waals surface area (Å²) in [6.45, 7) is 2.67. The Balaban J connectivity index is 2.42. The van der Waals surface area contributed by atoms with Gasteiger partial charge in [-0.3, -0.25) is 9.59 Å². The number of rotatable bonds is 9. The number of ketones is 1. The molecular formula is C17H22F3NO5. The Kier molecular flexibility index (Phi) is 7.58. The highest BCUT2D eigenvalue weighted by Gasteiger charge is 2.33. The van der Waals surface area contributed by atoms with Crippen molar-refractivity contribution in [1.29, 1.82) is 0 Å². The van der Waals surface area contributed by atoms with E-state index >= 15 is 0 Å². The second-order valence-corrected chi connectivity index (χ2v) is 6.50. The molecule has 0 aromatic heterocycles. The summed E-state index contributed by atoms with van der Waals surface area (Å²) in [6, 6.07) is 4.94. The third-order valence-electron chi connectivity index (χ3n) is 3.66. The van der Waals surface area contributed by atoms with E-state index in [0.29, 0.717) is 5.56 Å². The molecule has 1 unspecified atom stereocenters. The standard InChI is InChI=1S/C17H22F3NO5/c1-16(2,10-22)14(24)15(25)21-8-7-12(23)9-11-3-5-13(6-4-11)26-17(18,19)20/h3-6,14,22,24H,7-10H2,1-2H3,(H,21,25). The Labute approximate surface area is 149 Å². The largest absolute Gasteiger partial charge is 0.573 e. The number of nitrogens with one attached hydrogen (secondary N) is 1. The first-order chi connectivity index (χ1) is 11.9. The number of alkyl halides is 3. The van der Waals surface area contributed by atoms with Crippen LogP contribution in [0.2, 0.25) is 0 Å². The van der Waals surface area contributed by atoms with Gasteiger partial charge in [0.25, 0.3) is 0 Å². The second kappa shape index (κ2) is 9.00. The fourth-order valence-electron chi connectivity index (χ4n) is 1.99. The summed E-state index contributed by atoms with van der Waals surface area (Å²) < 4.78 is 39.9. The van der Waals surface area contributed by atoms with Gasteiger partial charge < -0.3 is 20.3 Å². The molecule has 9 heteroatoms. The summed E-state index contributed by atoms with van der Waals surface area (Å²) in [5, 5.41) is 21.3. The van der Waals surface area contributed by atoms with Gasteiger partial charge in [-0.05, 0) is 17.7 Å². The van der Waals surface area contributed by atoms with Crippen molar-refractivity contribution in [2.45, 2.75) is 39.2 Å². The summed E-state index contributed by atoms with van der Waals surface area (Å²) in [6.07, 6.45) is -6.19. The monoisotopic (exact) mass is 377 g/mol. The molecule has 0 aliphatic heterocycles. The average Bonchev–Trinajstić information content (AvgIpc) is 2.54. The minimum Gasteiger partial charge on any atom is -0.406 e. The number of carbonyl (C=O) groups is 2. The molecular weight excluding hydrogens is 355 g/mol. The van der Waals surface area contributed by atoms with Crippen molar-refractivity contribution in [2.75, 3.05) is 13.2 Å². The van der Waals surface area contributed by atoms with Crippen molar-refractivity contribution >= 4 is 11.7 Å². The molecule has 0 saturated heterocycles. The molecule has 0 bridgehead atoms. The van der Waals surface area contributed by atoms with Gasteiger partial charge in [0.05, 0.1) is 6.61 Å². The molecule has 26 heavy (non-hydrogen) atoms. The van der Waals surface area contributed by atoms with E-state index in [4.69, 9.17) is 5.11 Å². The van der Waals surface area contributed by atoms with E-state index in [9.17, 15) is 27.9 Å². The number of aliphatic hydroxyl groups excluding tert-OH is 2. The molecule has 1 amide bonds. The van der Waals surface area contributed by atoms with Crippen molar-refractivity contribution < 1.29 is 37.7 Å². The number of aliphatic hydroxyl groups is 2. The number of hydrogen-bond donors (Lipinski definition) is 3. The zero-order valence-electron chi connectivity index (χ0n) is 14.5. The maximum absolute atomic E-state index is 12.1. The highest BCUT2D eigenvalue weighted by molar-refractivity contribution is 5.84. The summed E-state index contributed by atoms with van der Waals surface area (Å²) in [5.74, 6) is -1.29. The molecule has 0 saturated carbocycles. The quantitative estimate of drug-likeness (QED) is 0.607. The molecule has 1 aromatic rings. The molecule has 0 heterocycles. The van der Waals surface area contributed by atoms with Crippen LogP contribution in [0.3, 0.4) is 0 Å². The van der Waals surface area contributed by atoms with E-state index < -0.39 is 23.8 Å². The fraction of sp³-hybridized carbons (Fsp3) is 0.529. The number of carbonyl (C=O) groups excluding carboxylic acids is 2. The van der Waals surface area contributed by atoms with Crippen molar-refractivity contribution in [3.63, 3.8) is 0 Å². The normalized spacial score (nSPS) is 13.2. The first kappa shape index (κ1) is 21.9. The number of ether oxygens (including phenoxy) is 1. The van der Waals surface area contributed by atoms with Crippen LogP contribution in [0.25, 0.3) is 0 Å². The molecule has 3 N–H and O–H groups in total. The molecule has 0 aliphatic rings. The van der Waals surface area contributed by atoms with Crippen LogP contribution in [0.5, 0.6) is 5.75 Å². The van der Waals surface area contributed by atoms with Crippen molar-refractivity contribution in [3.05, 3.63) is 29.8 Å². The maximum atomic E-state index is 12.1. The SMILES string of the molecule is CC(C)(CO)C(O)C(=O)NCCC(=O)Cc1ccc(OC(F)(F)F)cc1. The van der Waals surface area contributed by atoms with Gasteiger partial charge in [0.2, 0.25) is 5.91 Å². The lowest BCUT2D eigenvalue weighted by Gasteiger charge is -2.27. The van der Waals surface area contributed by atoms with E-state index in [1.165, 1.54) is 26.0 Å². The van der Waals surface area contributed by atoms with Crippen LogP contribution in [0.4, 0.5) is 13.2 Å². The molecule has 0 radical (unpaired) electrons. The van der Waals surface area contributed by atoms with Gasteiger partial charge in [-0.25, -0.2) is 0 Å². The van der Waals surface area contributed by atoms with E-state index in [1.807, 2.05) is 0 Å². The molecule has 1 aromatic carbocycles. The number of halogens is 3. The maximum Gasteiger partial charge on any atom is 0.573 e. The summed E-state index contributed by atoms with van der Waals surface area (Å²) in [7, 11) is 0. The van der Waals surface area contributed by atoms with E-state index in [-0.39, 0.29) is 37.5 Å². The molecule has 6 nitrogen and oxygen atoms in total. The highest BCUT2D eigenvalue weighted by atomic mass is 19.4. The molecule has 1 atom stereocenters. The van der Waals surface area contributed by atoms with Gasteiger partial charge in [0, 0.05) is 24.8 Å². The predicted molar refractivity (Wildman–Crippen MR) is 86.3 cm³/mol. The third kappa shape index (κ3) is 7.40. The smallest absolute Gasteiger partial charge is 0.406 e. The number of amides is 1. The molecule has 0 aliphatic carbocycles. The highest BCUT2D eigenvalue weighted by Crippen LogP contribution is 2.23. The number of hydrogen-bond acceptors (Lipinski definition) is 5. The van der Waals surface area contributed by atoms with Crippen molar-refractivity contribution in [3.8, 4) is 5.75 Å². The topological polar surface area (TPSA) is 95.9 Å². The van der Waals surface area contributed by atoms with Gasteiger partial charge in [-0.15, -0.1) is 13.2 Å². The van der Waals surface area contributed by atoms with Crippen molar-refractivity contribution in [1.82, 2.24) is 5.32 Å². The van der Waals surface area contributed by atoms with E-state index in [1.54, 1.807) is 0 Å². The molecule has 146 valence electrons. The Bertz CT molecular complexity index is 614. The summed E-state index contributed by atoms with van der Waals surface area (Å²) >= 11 is 0. The lowest BCUT2D eigenvalue weighted by atomic mass is 9.87. The minimum absolute atomic E-state index is 0.00117.